The second-order valence-corrected chi connectivity index (χ2v) is 15.8. The van der Waals surface area contributed by atoms with Crippen LogP contribution in [0.25, 0.3) is 32.9 Å². The molecule has 4 aliphatic heterocycles. The third kappa shape index (κ3) is 5.72. The summed E-state index contributed by atoms with van der Waals surface area (Å²) in [6, 6.07) is 3.76. The molecule has 2 bridgehead atoms. The molecule has 1 amide bonds. The molecule has 0 radical (unpaired) electrons. The molecular weight excluding hydrogens is 655 g/mol. The Morgan fingerprint density at radius 1 is 1.02 bits per heavy atom. The van der Waals surface area contributed by atoms with Gasteiger partial charge in [0.2, 0.25) is 0 Å². The first-order chi connectivity index (χ1) is 24.5. The van der Waals surface area contributed by atoms with E-state index in [-0.39, 0.29) is 54.0 Å². The predicted molar refractivity (Wildman–Crippen MR) is 188 cm³/mol. The third-order valence-electron chi connectivity index (χ3n) is 11.1. The number of carbonyl (C=O) groups excluding carboxylic acids is 1. The van der Waals surface area contributed by atoms with Crippen LogP contribution in [0.3, 0.4) is 0 Å². The number of benzene rings is 2. The monoisotopic (exact) mass is 700 g/mol. The van der Waals surface area contributed by atoms with E-state index in [9.17, 15) is 9.90 Å². The molecule has 4 atom stereocenters. The number of rotatable bonds is 6. The van der Waals surface area contributed by atoms with E-state index in [4.69, 9.17) is 34.0 Å². The number of likely N-dealkylation sites (tertiary alicyclic amines) is 1. The molecule has 5 fully saturated rings. The Bertz CT molecular complexity index is 2030. The van der Waals surface area contributed by atoms with Gasteiger partial charge in [0, 0.05) is 54.1 Å². The van der Waals surface area contributed by atoms with Crippen LogP contribution in [-0.2, 0) is 14.2 Å². The van der Waals surface area contributed by atoms with Crippen molar-refractivity contribution in [3.8, 4) is 22.9 Å². The van der Waals surface area contributed by atoms with Gasteiger partial charge in [-0.25, -0.2) is 13.9 Å². The molecule has 12 nitrogen and oxygen atoms in total. The van der Waals surface area contributed by atoms with Gasteiger partial charge in [-0.05, 0) is 89.3 Å². The van der Waals surface area contributed by atoms with Gasteiger partial charge in [-0.15, -0.1) is 0 Å². The molecule has 0 spiro atoms. The molecule has 2 aromatic heterocycles. The van der Waals surface area contributed by atoms with Crippen molar-refractivity contribution in [3.05, 3.63) is 35.3 Å². The predicted octanol–water partition coefficient (Wildman–Crippen LogP) is 6.74. The minimum atomic E-state index is -0.583. The van der Waals surface area contributed by atoms with Crippen LogP contribution < -0.4 is 9.64 Å². The number of halogens is 1. The van der Waals surface area contributed by atoms with Crippen molar-refractivity contribution >= 4 is 33.7 Å². The summed E-state index contributed by atoms with van der Waals surface area (Å²) in [5, 5.41) is 18.6. The zero-order valence-electron chi connectivity index (χ0n) is 29.7. The summed E-state index contributed by atoms with van der Waals surface area (Å²) in [6.45, 7) is 10.1. The van der Waals surface area contributed by atoms with Crippen molar-refractivity contribution < 1.29 is 33.2 Å². The summed E-state index contributed by atoms with van der Waals surface area (Å²) >= 11 is 0. The number of phenolic OH excluding ortho intramolecular Hbond substituents is 1. The van der Waals surface area contributed by atoms with E-state index in [2.05, 4.69) is 11.0 Å². The van der Waals surface area contributed by atoms with Gasteiger partial charge in [0.1, 0.15) is 34.6 Å². The molecule has 6 heterocycles. The second-order valence-electron chi connectivity index (χ2n) is 15.8. The molecule has 1 N–H and O–H groups in total. The topological polar surface area (TPSA) is 124 Å². The van der Waals surface area contributed by atoms with Crippen molar-refractivity contribution in [2.75, 3.05) is 37.8 Å². The number of fused-ring (bicyclic) bond motifs is 4. The van der Waals surface area contributed by atoms with Crippen molar-refractivity contribution in [1.29, 1.82) is 0 Å². The summed E-state index contributed by atoms with van der Waals surface area (Å²) in [6.07, 6.45) is 7.22. The molecule has 4 saturated heterocycles. The molecule has 13 heteroatoms. The summed E-state index contributed by atoms with van der Waals surface area (Å²) in [4.78, 5) is 27.0. The normalized spacial score (nSPS) is 25.0. The van der Waals surface area contributed by atoms with Crippen LogP contribution >= 0.6 is 0 Å². The quantitative estimate of drug-likeness (QED) is 0.231. The fourth-order valence-corrected chi connectivity index (χ4v) is 8.44. The third-order valence-corrected chi connectivity index (χ3v) is 11.1. The van der Waals surface area contributed by atoms with Gasteiger partial charge in [-0.1, -0.05) is 0 Å². The Balaban J connectivity index is 1.19. The standard InChI is InChI=1S/C38H45FN6O6/c1-20-28(39)15-29-27(16-40-45(29)30-7-5-6-11-49-30)31(20)32-25(21-8-9-21)14-26-33(34(32)46)41-36(50-24-10-12-48-19-24)42-35(26)43-17-23-13-22(43)18-44(23)37(47)51-38(2,3)4/h14-16,21-24,30,46H,5-13,17-19H2,1-4H3/t22-,23-,24-,30?/m0/s1. The summed E-state index contributed by atoms with van der Waals surface area (Å²) in [5.41, 5.74) is 2.98. The van der Waals surface area contributed by atoms with Gasteiger partial charge in [-0.3, -0.25) is 0 Å². The molecule has 2 aromatic carbocycles. The number of hydrogen-bond donors (Lipinski definition) is 1. The lowest BCUT2D eigenvalue weighted by Crippen LogP contribution is -2.50. The van der Waals surface area contributed by atoms with Crippen molar-refractivity contribution in [1.82, 2.24) is 24.6 Å². The van der Waals surface area contributed by atoms with Crippen LogP contribution in [0.4, 0.5) is 15.0 Å². The molecule has 1 saturated carbocycles. The Morgan fingerprint density at radius 2 is 1.86 bits per heavy atom. The summed E-state index contributed by atoms with van der Waals surface area (Å²) in [5.74, 6) is 0.466. The molecule has 51 heavy (non-hydrogen) atoms. The van der Waals surface area contributed by atoms with Gasteiger partial charge < -0.3 is 33.9 Å². The van der Waals surface area contributed by atoms with E-state index in [0.29, 0.717) is 78.3 Å². The van der Waals surface area contributed by atoms with E-state index >= 15 is 4.39 Å². The molecule has 270 valence electrons. The van der Waals surface area contributed by atoms with E-state index in [0.717, 1.165) is 49.5 Å². The molecule has 4 aromatic rings. The Morgan fingerprint density at radius 3 is 2.55 bits per heavy atom. The van der Waals surface area contributed by atoms with E-state index in [1.807, 2.05) is 25.7 Å². The average Bonchev–Trinajstić information content (AvgIpc) is 3.42. The first kappa shape index (κ1) is 32.7. The first-order valence-corrected chi connectivity index (χ1v) is 18.4. The van der Waals surface area contributed by atoms with Crippen molar-refractivity contribution in [3.63, 3.8) is 0 Å². The van der Waals surface area contributed by atoms with Crippen LogP contribution in [0.15, 0.2) is 18.3 Å². The minimum absolute atomic E-state index is 0.00686. The van der Waals surface area contributed by atoms with Gasteiger partial charge in [0.15, 0.2) is 6.23 Å². The van der Waals surface area contributed by atoms with E-state index < -0.39 is 5.60 Å². The maximum absolute atomic E-state index is 16.0. The molecule has 1 aliphatic carbocycles. The highest BCUT2D eigenvalue weighted by Gasteiger charge is 2.48. The highest BCUT2D eigenvalue weighted by molar-refractivity contribution is 6.06. The van der Waals surface area contributed by atoms with E-state index in [1.165, 1.54) is 6.07 Å². The highest BCUT2D eigenvalue weighted by atomic mass is 19.1. The average molecular weight is 701 g/mol. The number of ether oxygens (including phenoxy) is 4. The smallest absolute Gasteiger partial charge is 0.410 e. The number of phenols is 1. The lowest BCUT2D eigenvalue weighted by molar-refractivity contribution is -0.0366. The molecule has 1 unspecified atom stereocenters. The van der Waals surface area contributed by atoms with Crippen LogP contribution in [-0.4, -0.2) is 92.5 Å². The van der Waals surface area contributed by atoms with Gasteiger partial charge in [-0.2, -0.15) is 15.1 Å². The largest absolute Gasteiger partial charge is 0.505 e. The van der Waals surface area contributed by atoms with Crippen molar-refractivity contribution in [2.24, 2.45) is 0 Å². The lowest BCUT2D eigenvalue weighted by atomic mass is 9.88. The number of carbonyl (C=O) groups is 1. The number of aromatic hydroxyl groups is 1. The van der Waals surface area contributed by atoms with Crippen LogP contribution in [0.2, 0.25) is 0 Å². The minimum Gasteiger partial charge on any atom is -0.505 e. The van der Waals surface area contributed by atoms with Gasteiger partial charge in [0.05, 0.1) is 37.0 Å². The zero-order chi connectivity index (χ0) is 35.2. The Labute approximate surface area is 295 Å². The van der Waals surface area contributed by atoms with Gasteiger partial charge in [0.25, 0.3) is 0 Å². The fraction of sp³-hybridized carbons (Fsp3) is 0.579. The number of hydrogen-bond acceptors (Lipinski definition) is 10. The molecule has 9 rings (SSSR count). The zero-order valence-corrected chi connectivity index (χ0v) is 29.7. The SMILES string of the molecule is Cc1c(F)cc2c(cnn2C2CCCCO2)c1-c1c(C2CC2)cc2c(N3C[C@@H]4C[C@H]3CN4C(=O)OC(C)(C)C)nc(O[C@H]3CCOC3)nc2c1O. The molecule has 5 aliphatic rings. The maximum Gasteiger partial charge on any atom is 0.410 e. The first-order valence-electron chi connectivity index (χ1n) is 18.4. The highest BCUT2D eigenvalue weighted by Crippen LogP contribution is 2.53. The number of aromatic nitrogens is 4. The van der Waals surface area contributed by atoms with Gasteiger partial charge >= 0.3 is 12.1 Å². The Kier molecular flexibility index (Phi) is 7.80. The number of anilines is 1. The lowest BCUT2D eigenvalue weighted by Gasteiger charge is -2.36. The van der Waals surface area contributed by atoms with Crippen LogP contribution in [0.5, 0.6) is 11.8 Å². The van der Waals surface area contributed by atoms with Crippen LogP contribution in [0, 0.1) is 12.7 Å². The fourth-order valence-electron chi connectivity index (χ4n) is 8.44. The number of nitrogens with zero attached hydrogens (tertiary/aromatic N) is 6. The number of amides is 1. The maximum atomic E-state index is 16.0. The second kappa shape index (κ2) is 12.2. The molecular formula is C38H45FN6O6. The summed E-state index contributed by atoms with van der Waals surface area (Å²) < 4.78 is 41.4. The van der Waals surface area contributed by atoms with Crippen LogP contribution in [0.1, 0.15) is 89.0 Å². The summed E-state index contributed by atoms with van der Waals surface area (Å²) in [7, 11) is 0. The Hall–Kier alpha value is -4.23. The van der Waals surface area contributed by atoms with Crippen molar-refractivity contribution in [2.45, 2.75) is 109 Å². The van der Waals surface area contributed by atoms with E-state index in [1.54, 1.807) is 17.8 Å². The number of piperazine rings is 1.